The highest BCUT2D eigenvalue weighted by atomic mass is 16.5. The normalized spacial score (nSPS) is 36.8. The number of hydrogen-bond donors (Lipinski definition) is 2. The van der Waals surface area contributed by atoms with E-state index in [-0.39, 0.29) is 5.41 Å². The van der Waals surface area contributed by atoms with Crippen molar-refractivity contribution in [1.29, 1.82) is 0 Å². The fourth-order valence-corrected chi connectivity index (χ4v) is 3.60. The molecule has 112 valence electrons. The van der Waals surface area contributed by atoms with Gasteiger partial charge in [0.1, 0.15) is 0 Å². The van der Waals surface area contributed by atoms with Crippen molar-refractivity contribution in [3.8, 4) is 0 Å². The summed E-state index contributed by atoms with van der Waals surface area (Å²) in [4.78, 5) is 0. The van der Waals surface area contributed by atoms with Gasteiger partial charge in [-0.05, 0) is 38.1 Å². The largest absolute Gasteiger partial charge is 0.378 e. The Morgan fingerprint density at radius 2 is 2.00 bits per heavy atom. The number of nitrogens with one attached hydrogen (secondary N) is 2. The average Bonchev–Trinajstić information content (AvgIpc) is 2.34. The van der Waals surface area contributed by atoms with Crippen molar-refractivity contribution in [2.75, 3.05) is 19.7 Å². The van der Waals surface area contributed by atoms with Crippen molar-refractivity contribution in [3.63, 3.8) is 0 Å². The zero-order chi connectivity index (χ0) is 14.1. The maximum atomic E-state index is 5.80. The van der Waals surface area contributed by atoms with Gasteiger partial charge in [0, 0.05) is 30.7 Å². The average molecular weight is 268 g/mol. The second-order valence-corrected chi connectivity index (χ2v) is 7.56. The van der Waals surface area contributed by atoms with Crippen LogP contribution < -0.4 is 10.6 Å². The van der Waals surface area contributed by atoms with Crippen LogP contribution in [0.4, 0.5) is 0 Å². The van der Waals surface area contributed by atoms with Gasteiger partial charge in [0.2, 0.25) is 0 Å². The van der Waals surface area contributed by atoms with E-state index in [0.29, 0.717) is 23.6 Å². The molecule has 0 aromatic rings. The van der Waals surface area contributed by atoms with E-state index in [1.807, 2.05) is 0 Å². The van der Waals surface area contributed by atoms with Gasteiger partial charge >= 0.3 is 0 Å². The smallest absolute Gasteiger partial charge is 0.0655 e. The molecule has 3 heteroatoms. The summed E-state index contributed by atoms with van der Waals surface area (Å²) in [5.41, 5.74) is 0.688. The Morgan fingerprint density at radius 1 is 1.26 bits per heavy atom. The second kappa shape index (κ2) is 5.71. The maximum Gasteiger partial charge on any atom is 0.0655 e. The Kier molecular flexibility index (Phi) is 4.59. The number of ether oxygens (including phenoxy) is 1. The lowest BCUT2D eigenvalue weighted by molar-refractivity contribution is -0.115. The summed E-state index contributed by atoms with van der Waals surface area (Å²) in [6.45, 7) is 14.6. The molecule has 2 aliphatic rings. The van der Waals surface area contributed by atoms with Crippen LogP contribution in [0.3, 0.4) is 0 Å². The van der Waals surface area contributed by atoms with E-state index in [2.05, 4.69) is 45.3 Å². The molecule has 3 unspecified atom stereocenters. The summed E-state index contributed by atoms with van der Waals surface area (Å²) in [5, 5.41) is 7.46. The molecule has 1 heterocycles. The van der Waals surface area contributed by atoms with Gasteiger partial charge in [-0.15, -0.1) is 0 Å². The predicted molar refractivity (Wildman–Crippen MR) is 80.4 cm³/mol. The number of hydrogen-bond acceptors (Lipinski definition) is 3. The van der Waals surface area contributed by atoms with E-state index in [9.17, 15) is 0 Å². The Morgan fingerprint density at radius 3 is 2.58 bits per heavy atom. The van der Waals surface area contributed by atoms with Gasteiger partial charge in [-0.25, -0.2) is 0 Å². The van der Waals surface area contributed by atoms with Crippen molar-refractivity contribution < 1.29 is 4.74 Å². The van der Waals surface area contributed by atoms with E-state index in [0.717, 1.165) is 19.6 Å². The van der Waals surface area contributed by atoms with Crippen LogP contribution in [-0.4, -0.2) is 37.9 Å². The molecule has 0 aromatic heterocycles. The van der Waals surface area contributed by atoms with Crippen LogP contribution in [0, 0.1) is 10.8 Å². The van der Waals surface area contributed by atoms with E-state index < -0.39 is 0 Å². The first-order chi connectivity index (χ1) is 8.88. The standard InChI is InChI=1S/C16H32N2O/c1-6-19-14-10-12(16(14,4)5)18-11-13-15(2,3)8-7-9-17-13/h12-14,17-18H,6-11H2,1-5H3. The van der Waals surface area contributed by atoms with Crippen LogP contribution in [0.15, 0.2) is 0 Å². The zero-order valence-corrected chi connectivity index (χ0v) is 13.4. The van der Waals surface area contributed by atoms with E-state index in [1.165, 1.54) is 19.4 Å². The summed E-state index contributed by atoms with van der Waals surface area (Å²) in [6, 6.07) is 1.20. The van der Waals surface area contributed by atoms with Gasteiger partial charge in [-0.3, -0.25) is 0 Å². The predicted octanol–water partition coefficient (Wildman–Crippen LogP) is 2.56. The lowest BCUT2D eigenvalue weighted by Crippen LogP contribution is -2.63. The van der Waals surface area contributed by atoms with Crippen molar-refractivity contribution >= 4 is 0 Å². The lowest BCUT2D eigenvalue weighted by atomic mass is 9.64. The van der Waals surface area contributed by atoms with Crippen LogP contribution in [0.2, 0.25) is 0 Å². The summed E-state index contributed by atoms with van der Waals surface area (Å²) >= 11 is 0. The maximum absolute atomic E-state index is 5.80. The molecule has 0 spiro atoms. The third-order valence-electron chi connectivity index (χ3n) is 5.45. The molecule has 1 saturated heterocycles. The van der Waals surface area contributed by atoms with Crippen LogP contribution in [0.1, 0.15) is 53.9 Å². The number of piperidine rings is 1. The highest BCUT2D eigenvalue weighted by Crippen LogP contribution is 2.43. The van der Waals surface area contributed by atoms with Crippen molar-refractivity contribution in [2.45, 2.75) is 72.1 Å². The lowest BCUT2D eigenvalue weighted by Gasteiger charge is -2.53. The number of rotatable bonds is 5. The Hall–Kier alpha value is -0.120. The molecule has 0 bridgehead atoms. The molecule has 1 aliphatic carbocycles. The molecular weight excluding hydrogens is 236 g/mol. The first-order valence-electron chi connectivity index (χ1n) is 7.96. The zero-order valence-electron chi connectivity index (χ0n) is 13.4. The Labute approximate surface area is 118 Å². The molecule has 3 atom stereocenters. The van der Waals surface area contributed by atoms with Gasteiger partial charge in [0.05, 0.1) is 6.10 Å². The van der Waals surface area contributed by atoms with Crippen molar-refractivity contribution in [2.24, 2.45) is 10.8 Å². The van der Waals surface area contributed by atoms with Gasteiger partial charge < -0.3 is 15.4 Å². The van der Waals surface area contributed by atoms with E-state index >= 15 is 0 Å². The van der Waals surface area contributed by atoms with Gasteiger partial charge in [-0.1, -0.05) is 27.7 Å². The highest BCUT2D eigenvalue weighted by molar-refractivity contribution is 5.03. The van der Waals surface area contributed by atoms with Gasteiger partial charge in [0.15, 0.2) is 0 Å². The fourth-order valence-electron chi connectivity index (χ4n) is 3.60. The van der Waals surface area contributed by atoms with Gasteiger partial charge in [0.25, 0.3) is 0 Å². The minimum atomic E-state index is 0.273. The SMILES string of the molecule is CCOC1CC(NCC2NCCCC2(C)C)C1(C)C. The molecule has 3 nitrogen and oxygen atoms in total. The van der Waals surface area contributed by atoms with Crippen LogP contribution in [-0.2, 0) is 4.74 Å². The van der Waals surface area contributed by atoms with Crippen molar-refractivity contribution in [3.05, 3.63) is 0 Å². The Bertz CT molecular complexity index is 301. The monoisotopic (exact) mass is 268 g/mol. The summed E-state index contributed by atoms with van der Waals surface area (Å²) in [6.07, 6.45) is 4.24. The van der Waals surface area contributed by atoms with Crippen molar-refractivity contribution in [1.82, 2.24) is 10.6 Å². The van der Waals surface area contributed by atoms with Crippen LogP contribution in [0.5, 0.6) is 0 Å². The molecule has 19 heavy (non-hydrogen) atoms. The molecule has 2 rings (SSSR count). The summed E-state index contributed by atoms with van der Waals surface area (Å²) in [5.74, 6) is 0. The quantitative estimate of drug-likeness (QED) is 0.804. The molecule has 1 saturated carbocycles. The summed E-state index contributed by atoms with van der Waals surface area (Å²) in [7, 11) is 0. The molecule has 2 N–H and O–H groups in total. The molecule has 0 aromatic carbocycles. The molecule has 1 aliphatic heterocycles. The van der Waals surface area contributed by atoms with Crippen LogP contribution >= 0.6 is 0 Å². The highest BCUT2D eigenvalue weighted by Gasteiger charge is 2.49. The Balaban J connectivity index is 1.80. The fraction of sp³-hybridized carbons (Fsp3) is 1.00. The first-order valence-corrected chi connectivity index (χ1v) is 7.96. The third-order valence-corrected chi connectivity index (χ3v) is 5.45. The minimum absolute atomic E-state index is 0.273. The first kappa shape index (κ1) is 15.3. The molecular formula is C16H32N2O. The topological polar surface area (TPSA) is 33.3 Å². The summed E-state index contributed by atoms with van der Waals surface area (Å²) < 4.78 is 5.80. The van der Waals surface area contributed by atoms with E-state index in [1.54, 1.807) is 0 Å². The minimum Gasteiger partial charge on any atom is -0.378 e. The molecule has 2 fully saturated rings. The third kappa shape index (κ3) is 3.14. The van der Waals surface area contributed by atoms with Crippen LogP contribution in [0.25, 0.3) is 0 Å². The van der Waals surface area contributed by atoms with Gasteiger partial charge in [-0.2, -0.15) is 0 Å². The second-order valence-electron chi connectivity index (χ2n) is 7.56. The van der Waals surface area contributed by atoms with E-state index in [4.69, 9.17) is 4.74 Å². The molecule has 0 amide bonds. The molecule has 0 radical (unpaired) electrons.